The van der Waals surface area contributed by atoms with Crippen LogP contribution in [-0.2, 0) is 0 Å². The number of piperazine rings is 1. The van der Waals surface area contributed by atoms with Crippen molar-refractivity contribution in [1.29, 1.82) is 0 Å². The highest BCUT2D eigenvalue weighted by Gasteiger charge is 2.22. The van der Waals surface area contributed by atoms with E-state index in [-0.39, 0.29) is 11.8 Å². The Bertz CT molecular complexity index is 1030. The molecule has 1 aliphatic rings. The molecule has 2 amide bonds. The second-order valence-electron chi connectivity index (χ2n) is 7.16. The average Bonchev–Trinajstić information content (AvgIpc) is 2.80. The predicted octanol–water partition coefficient (Wildman–Crippen LogP) is 4.55. The summed E-state index contributed by atoms with van der Waals surface area (Å²) in [6, 6.07) is 24.0. The summed E-state index contributed by atoms with van der Waals surface area (Å²) < 4.78 is 0. The Morgan fingerprint density at radius 1 is 0.767 bits per heavy atom. The van der Waals surface area contributed by atoms with E-state index in [1.807, 2.05) is 59.5 Å². The van der Waals surface area contributed by atoms with Gasteiger partial charge in [0.1, 0.15) is 0 Å². The molecule has 0 radical (unpaired) electrons. The minimum Gasteiger partial charge on any atom is -0.368 e. The number of rotatable bonds is 4. The van der Waals surface area contributed by atoms with Crippen LogP contribution >= 0.6 is 11.6 Å². The number of hydrogen-bond donors (Lipinski definition) is 1. The van der Waals surface area contributed by atoms with E-state index in [4.69, 9.17) is 11.6 Å². The van der Waals surface area contributed by atoms with Crippen LogP contribution in [0.1, 0.15) is 20.7 Å². The van der Waals surface area contributed by atoms with Crippen molar-refractivity contribution in [3.8, 4) is 0 Å². The van der Waals surface area contributed by atoms with Gasteiger partial charge in [0, 0.05) is 53.7 Å². The number of carbonyl (C=O) groups excluding carboxylic acids is 2. The SMILES string of the molecule is O=C(Nc1ccc(N2CCN(C(=O)c3ccccc3)CC2)cc1)c1cccc(Cl)c1. The lowest BCUT2D eigenvalue weighted by Gasteiger charge is -2.36. The normalized spacial score (nSPS) is 13.8. The summed E-state index contributed by atoms with van der Waals surface area (Å²) in [5.74, 6) is -0.118. The van der Waals surface area contributed by atoms with Crippen molar-refractivity contribution in [3.63, 3.8) is 0 Å². The molecule has 1 heterocycles. The van der Waals surface area contributed by atoms with Crippen LogP contribution < -0.4 is 10.2 Å². The first kappa shape index (κ1) is 20.0. The zero-order chi connectivity index (χ0) is 20.9. The van der Waals surface area contributed by atoms with E-state index < -0.39 is 0 Å². The predicted molar refractivity (Wildman–Crippen MR) is 120 cm³/mol. The molecule has 152 valence electrons. The van der Waals surface area contributed by atoms with Crippen LogP contribution in [0.3, 0.4) is 0 Å². The van der Waals surface area contributed by atoms with Crippen molar-refractivity contribution in [2.45, 2.75) is 0 Å². The van der Waals surface area contributed by atoms with Crippen molar-refractivity contribution in [3.05, 3.63) is 95.0 Å². The highest BCUT2D eigenvalue weighted by Crippen LogP contribution is 2.21. The largest absolute Gasteiger partial charge is 0.368 e. The van der Waals surface area contributed by atoms with Crippen LogP contribution in [0.15, 0.2) is 78.9 Å². The zero-order valence-corrected chi connectivity index (χ0v) is 17.2. The third kappa shape index (κ3) is 4.63. The van der Waals surface area contributed by atoms with Crippen LogP contribution in [0, 0.1) is 0 Å². The number of hydrogen-bond acceptors (Lipinski definition) is 3. The molecule has 0 atom stereocenters. The Balaban J connectivity index is 1.34. The fourth-order valence-corrected chi connectivity index (χ4v) is 3.71. The van der Waals surface area contributed by atoms with E-state index in [0.717, 1.165) is 30.0 Å². The van der Waals surface area contributed by atoms with Gasteiger partial charge >= 0.3 is 0 Å². The molecule has 1 saturated heterocycles. The first-order valence-electron chi connectivity index (χ1n) is 9.86. The van der Waals surface area contributed by atoms with E-state index in [2.05, 4.69) is 10.2 Å². The number of halogens is 1. The minimum absolute atomic E-state index is 0.0781. The fraction of sp³-hybridized carbons (Fsp3) is 0.167. The third-order valence-corrected chi connectivity index (χ3v) is 5.40. The molecule has 0 aliphatic carbocycles. The van der Waals surface area contributed by atoms with Crippen LogP contribution in [0.2, 0.25) is 5.02 Å². The van der Waals surface area contributed by atoms with Crippen molar-refractivity contribution in [2.24, 2.45) is 0 Å². The molecule has 0 aromatic heterocycles. The number of nitrogens with zero attached hydrogens (tertiary/aromatic N) is 2. The molecule has 1 N–H and O–H groups in total. The number of nitrogens with one attached hydrogen (secondary N) is 1. The first-order chi connectivity index (χ1) is 14.6. The quantitative estimate of drug-likeness (QED) is 0.674. The Labute approximate surface area is 180 Å². The molecule has 1 fully saturated rings. The van der Waals surface area contributed by atoms with Crippen LogP contribution in [0.4, 0.5) is 11.4 Å². The van der Waals surface area contributed by atoms with Crippen LogP contribution in [0.25, 0.3) is 0 Å². The first-order valence-corrected chi connectivity index (χ1v) is 10.2. The van der Waals surface area contributed by atoms with Gasteiger partial charge in [-0.15, -0.1) is 0 Å². The fourth-order valence-electron chi connectivity index (χ4n) is 3.52. The maximum Gasteiger partial charge on any atom is 0.255 e. The maximum atomic E-state index is 12.6. The summed E-state index contributed by atoms with van der Waals surface area (Å²) in [7, 11) is 0. The van der Waals surface area contributed by atoms with Gasteiger partial charge in [-0.3, -0.25) is 9.59 Å². The van der Waals surface area contributed by atoms with Crippen molar-refractivity contribution >= 4 is 34.8 Å². The summed E-state index contributed by atoms with van der Waals surface area (Å²) in [5, 5.41) is 3.42. The van der Waals surface area contributed by atoms with Crippen molar-refractivity contribution in [2.75, 3.05) is 36.4 Å². The molecule has 1 aliphatic heterocycles. The molecule has 0 spiro atoms. The van der Waals surface area contributed by atoms with E-state index >= 15 is 0 Å². The standard InChI is InChI=1S/C24H22ClN3O2/c25-20-8-4-7-19(17-20)23(29)26-21-9-11-22(12-10-21)27-13-15-28(16-14-27)24(30)18-5-2-1-3-6-18/h1-12,17H,13-16H2,(H,26,29). The molecule has 0 bridgehead atoms. The average molecular weight is 420 g/mol. The van der Waals surface area contributed by atoms with Crippen molar-refractivity contribution in [1.82, 2.24) is 4.90 Å². The molecular formula is C24H22ClN3O2. The molecule has 0 saturated carbocycles. The highest BCUT2D eigenvalue weighted by atomic mass is 35.5. The van der Waals surface area contributed by atoms with E-state index in [1.165, 1.54) is 0 Å². The van der Waals surface area contributed by atoms with Crippen LogP contribution in [-0.4, -0.2) is 42.9 Å². The van der Waals surface area contributed by atoms with Gasteiger partial charge in [0.25, 0.3) is 11.8 Å². The van der Waals surface area contributed by atoms with Gasteiger partial charge in [0.05, 0.1) is 0 Å². The zero-order valence-electron chi connectivity index (χ0n) is 16.4. The molecule has 5 nitrogen and oxygen atoms in total. The molecule has 4 rings (SSSR count). The lowest BCUT2D eigenvalue weighted by atomic mass is 10.1. The van der Waals surface area contributed by atoms with E-state index in [1.54, 1.807) is 24.3 Å². The second kappa shape index (κ2) is 9.01. The molecule has 6 heteroatoms. The molecule has 0 unspecified atom stereocenters. The topological polar surface area (TPSA) is 52.7 Å². The summed E-state index contributed by atoms with van der Waals surface area (Å²) in [4.78, 5) is 29.1. The number of carbonyl (C=O) groups is 2. The molecular weight excluding hydrogens is 398 g/mol. The maximum absolute atomic E-state index is 12.6. The van der Waals surface area contributed by atoms with Gasteiger partial charge in [-0.05, 0) is 54.6 Å². The number of amides is 2. The van der Waals surface area contributed by atoms with Crippen molar-refractivity contribution < 1.29 is 9.59 Å². The van der Waals surface area contributed by atoms with Gasteiger partial charge in [-0.1, -0.05) is 35.9 Å². The van der Waals surface area contributed by atoms with Gasteiger partial charge in [0.15, 0.2) is 0 Å². The Morgan fingerprint density at radius 3 is 2.10 bits per heavy atom. The van der Waals surface area contributed by atoms with Gasteiger partial charge in [-0.2, -0.15) is 0 Å². The number of anilines is 2. The number of benzene rings is 3. The Morgan fingerprint density at radius 2 is 1.43 bits per heavy atom. The lowest BCUT2D eigenvalue weighted by molar-refractivity contribution is 0.0746. The molecule has 3 aromatic carbocycles. The summed E-state index contributed by atoms with van der Waals surface area (Å²) in [6.45, 7) is 2.90. The molecule has 30 heavy (non-hydrogen) atoms. The van der Waals surface area contributed by atoms with Gasteiger partial charge in [0.2, 0.25) is 0 Å². The Kier molecular flexibility index (Phi) is 6.00. The second-order valence-corrected chi connectivity index (χ2v) is 7.59. The Hall–Kier alpha value is -3.31. The van der Waals surface area contributed by atoms with Gasteiger partial charge in [-0.25, -0.2) is 0 Å². The minimum atomic E-state index is -0.196. The summed E-state index contributed by atoms with van der Waals surface area (Å²) in [5.41, 5.74) is 3.04. The van der Waals surface area contributed by atoms with E-state index in [0.29, 0.717) is 23.7 Å². The summed E-state index contributed by atoms with van der Waals surface area (Å²) >= 11 is 5.95. The van der Waals surface area contributed by atoms with Gasteiger partial charge < -0.3 is 15.1 Å². The highest BCUT2D eigenvalue weighted by molar-refractivity contribution is 6.31. The monoisotopic (exact) mass is 419 g/mol. The smallest absolute Gasteiger partial charge is 0.255 e. The van der Waals surface area contributed by atoms with Crippen LogP contribution in [0.5, 0.6) is 0 Å². The lowest BCUT2D eigenvalue weighted by Crippen LogP contribution is -2.48. The van der Waals surface area contributed by atoms with E-state index in [9.17, 15) is 9.59 Å². The molecule has 3 aromatic rings. The third-order valence-electron chi connectivity index (χ3n) is 5.16. The summed E-state index contributed by atoms with van der Waals surface area (Å²) in [6.07, 6.45) is 0.